The van der Waals surface area contributed by atoms with Crippen LogP contribution in [0.4, 0.5) is 11.4 Å². The van der Waals surface area contributed by atoms with Crippen molar-refractivity contribution in [3.05, 3.63) is 18.2 Å². The Hall–Kier alpha value is -1.31. The molecule has 0 aliphatic carbocycles. The number of sulfonamides is 1. The molecule has 1 unspecified atom stereocenters. The van der Waals surface area contributed by atoms with Crippen LogP contribution in [0.2, 0.25) is 0 Å². The summed E-state index contributed by atoms with van der Waals surface area (Å²) in [5.74, 6) is 0.558. The lowest BCUT2D eigenvalue weighted by Crippen LogP contribution is -2.29. The highest BCUT2D eigenvalue weighted by atomic mass is 32.2. The van der Waals surface area contributed by atoms with Crippen molar-refractivity contribution < 1.29 is 8.42 Å². The van der Waals surface area contributed by atoms with Crippen LogP contribution in [0.3, 0.4) is 0 Å². The van der Waals surface area contributed by atoms with Gasteiger partial charge in [0.2, 0.25) is 10.0 Å². The van der Waals surface area contributed by atoms with Crippen LogP contribution < -0.4 is 15.4 Å². The number of benzene rings is 1. The molecule has 2 rings (SSSR count). The molecule has 1 heterocycles. The van der Waals surface area contributed by atoms with Crippen molar-refractivity contribution >= 4 is 21.4 Å². The molecule has 1 saturated heterocycles. The number of hydrogen-bond donors (Lipinski definition) is 2. The summed E-state index contributed by atoms with van der Waals surface area (Å²) in [5, 5.41) is 0. The van der Waals surface area contributed by atoms with E-state index >= 15 is 0 Å². The Bertz CT molecular complexity index is 603. The fraction of sp³-hybridized carbons (Fsp3) is 0.571. The molecule has 1 aliphatic heterocycles. The summed E-state index contributed by atoms with van der Waals surface area (Å²) >= 11 is 0. The van der Waals surface area contributed by atoms with Crippen molar-refractivity contribution in [2.75, 3.05) is 51.4 Å². The Balaban J connectivity index is 2.26. The largest absolute Gasteiger partial charge is 0.399 e. The smallest absolute Gasteiger partial charge is 0.242 e. The van der Waals surface area contributed by atoms with Crippen LogP contribution in [-0.2, 0) is 10.0 Å². The van der Waals surface area contributed by atoms with Gasteiger partial charge in [-0.3, -0.25) is 0 Å². The number of nitrogens with zero attached hydrogens (tertiary/aromatic N) is 2. The van der Waals surface area contributed by atoms with E-state index in [0.29, 0.717) is 17.3 Å². The minimum Gasteiger partial charge on any atom is -0.399 e. The molecular weight excluding hydrogens is 288 g/mol. The highest BCUT2D eigenvalue weighted by molar-refractivity contribution is 7.89. The zero-order chi connectivity index (χ0) is 15.6. The maximum atomic E-state index is 12.2. The first-order chi connectivity index (χ1) is 9.83. The highest BCUT2D eigenvalue weighted by Gasteiger charge is 2.24. The number of nitrogens with two attached hydrogens (primary N) is 1. The van der Waals surface area contributed by atoms with Crippen molar-refractivity contribution in [1.29, 1.82) is 0 Å². The standard InChI is InChI=1S/C14H24N4O2S/c1-16-21(19,20)14-8-12(15)4-5-13(14)18(3)10-11-6-7-17(2)9-11/h4-5,8,11,16H,6-7,9-10,15H2,1-3H3. The van der Waals surface area contributed by atoms with E-state index in [1.807, 2.05) is 11.9 Å². The highest BCUT2D eigenvalue weighted by Crippen LogP contribution is 2.28. The summed E-state index contributed by atoms with van der Waals surface area (Å²) in [6, 6.07) is 5.03. The quantitative estimate of drug-likeness (QED) is 0.777. The van der Waals surface area contributed by atoms with Gasteiger partial charge in [-0.15, -0.1) is 0 Å². The number of rotatable bonds is 5. The van der Waals surface area contributed by atoms with Crippen LogP contribution in [0, 0.1) is 5.92 Å². The number of likely N-dealkylation sites (tertiary alicyclic amines) is 1. The summed E-state index contributed by atoms with van der Waals surface area (Å²) in [6.45, 7) is 2.98. The molecule has 7 heteroatoms. The molecule has 21 heavy (non-hydrogen) atoms. The van der Waals surface area contributed by atoms with E-state index in [1.54, 1.807) is 12.1 Å². The minimum absolute atomic E-state index is 0.235. The van der Waals surface area contributed by atoms with Gasteiger partial charge in [-0.25, -0.2) is 13.1 Å². The van der Waals surface area contributed by atoms with Gasteiger partial charge in [-0.1, -0.05) is 0 Å². The topological polar surface area (TPSA) is 78.7 Å². The third kappa shape index (κ3) is 3.66. The summed E-state index contributed by atoms with van der Waals surface area (Å²) in [6.07, 6.45) is 1.14. The SMILES string of the molecule is CNS(=O)(=O)c1cc(N)ccc1N(C)CC1CCN(C)C1. The summed E-state index contributed by atoms with van der Waals surface area (Å²) in [5.41, 5.74) is 6.88. The third-order valence-corrected chi connectivity index (χ3v) is 5.42. The maximum absolute atomic E-state index is 12.2. The summed E-state index contributed by atoms with van der Waals surface area (Å²) in [7, 11) is 1.93. The fourth-order valence-corrected chi connectivity index (χ4v) is 3.84. The Morgan fingerprint density at radius 2 is 2.19 bits per heavy atom. The van der Waals surface area contributed by atoms with E-state index < -0.39 is 10.0 Å². The Labute approximate surface area is 127 Å². The van der Waals surface area contributed by atoms with Crippen LogP contribution in [0.1, 0.15) is 6.42 Å². The predicted molar refractivity (Wildman–Crippen MR) is 86.0 cm³/mol. The van der Waals surface area contributed by atoms with Gasteiger partial charge in [0.05, 0.1) is 5.69 Å². The zero-order valence-electron chi connectivity index (χ0n) is 12.8. The van der Waals surface area contributed by atoms with Gasteiger partial charge in [0.15, 0.2) is 0 Å². The summed E-state index contributed by atoms with van der Waals surface area (Å²) < 4.78 is 26.7. The maximum Gasteiger partial charge on any atom is 0.242 e. The first-order valence-electron chi connectivity index (χ1n) is 7.06. The third-order valence-electron chi connectivity index (χ3n) is 3.97. The van der Waals surface area contributed by atoms with Crippen LogP contribution in [0.15, 0.2) is 23.1 Å². The molecular formula is C14H24N4O2S. The molecule has 0 spiro atoms. The van der Waals surface area contributed by atoms with E-state index in [1.165, 1.54) is 13.1 Å². The fourth-order valence-electron chi connectivity index (χ4n) is 2.83. The van der Waals surface area contributed by atoms with E-state index in [4.69, 9.17) is 5.73 Å². The molecule has 1 aromatic carbocycles. The summed E-state index contributed by atoms with van der Waals surface area (Å²) in [4.78, 5) is 4.54. The van der Waals surface area contributed by atoms with Crippen molar-refractivity contribution in [3.8, 4) is 0 Å². The molecule has 0 amide bonds. The number of nitrogen functional groups attached to an aromatic ring is 1. The average Bonchev–Trinajstić information content (AvgIpc) is 2.83. The van der Waals surface area contributed by atoms with E-state index in [-0.39, 0.29) is 4.90 Å². The molecule has 0 saturated carbocycles. The second kappa shape index (κ2) is 6.21. The monoisotopic (exact) mass is 312 g/mol. The van der Waals surface area contributed by atoms with Crippen molar-refractivity contribution in [2.45, 2.75) is 11.3 Å². The van der Waals surface area contributed by atoms with Crippen molar-refractivity contribution in [3.63, 3.8) is 0 Å². The minimum atomic E-state index is -3.52. The Morgan fingerprint density at radius 3 is 2.76 bits per heavy atom. The van der Waals surface area contributed by atoms with Crippen LogP contribution in [-0.4, -0.2) is 54.1 Å². The van der Waals surface area contributed by atoms with Gasteiger partial charge in [-0.05, 0) is 51.2 Å². The van der Waals surface area contributed by atoms with E-state index in [0.717, 1.165) is 26.1 Å². The molecule has 1 aromatic rings. The molecule has 1 fully saturated rings. The molecule has 6 nitrogen and oxygen atoms in total. The van der Waals surface area contributed by atoms with E-state index in [9.17, 15) is 8.42 Å². The Kier molecular flexibility index (Phi) is 4.75. The van der Waals surface area contributed by atoms with E-state index in [2.05, 4.69) is 16.7 Å². The van der Waals surface area contributed by atoms with Crippen LogP contribution in [0.5, 0.6) is 0 Å². The van der Waals surface area contributed by atoms with Crippen molar-refractivity contribution in [1.82, 2.24) is 9.62 Å². The van der Waals surface area contributed by atoms with Gasteiger partial charge in [0.1, 0.15) is 4.90 Å². The van der Waals surface area contributed by atoms with Gasteiger partial charge in [-0.2, -0.15) is 0 Å². The molecule has 0 aromatic heterocycles. The molecule has 0 bridgehead atoms. The molecule has 1 atom stereocenters. The first-order valence-corrected chi connectivity index (χ1v) is 8.54. The molecule has 0 radical (unpaired) electrons. The lowest BCUT2D eigenvalue weighted by molar-refractivity contribution is 0.395. The normalized spacial score (nSPS) is 19.9. The van der Waals surface area contributed by atoms with Crippen LogP contribution in [0.25, 0.3) is 0 Å². The second-order valence-electron chi connectivity index (χ2n) is 5.73. The first kappa shape index (κ1) is 16.1. The number of nitrogens with one attached hydrogen (secondary N) is 1. The lowest BCUT2D eigenvalue weighted by Gasteiger charge is -2.25. The molecule has 118 valence electrons. The number of hydrogen-bond acceptors (Lipinski definition) is 5. The predicted octanol–water partition coefficient (Wildman–Crippen LogP) is 0.565. The lowest BCUT2D eigenvalue weighted by atomic mass is 10.1. The van der Waals surface area contributed by atoms with Gasteiger partial charge >= 0.3 is 0 Å². The second-order valence-corrected chi connectivity index (χ2v) is 7.59. The number of anilines is 2. The van der Waals surface area contributed by atoms with Crippen LogP contribution >= 0.6 is 0 Å². The molecule has 1 aliphatic rings. The van der Waals surface area contributed by atoms with Gasteiger partial charge in [0.25, 0.3) is 0 Å². The van der Waals surface area contributed by atoms with Crippen molar-refractivity contribution in [2.24, 2.45) is 5.92 Å². The zero-order valence-corrected chi connectivity index (χ0v) is 13.7. The average molecular weight is 312 g/mol. The Morgan fingerprint density at radius 1 is 1.48 bits per heavy atom. The van der Waals surface area contributed by atoms with Gasteiger partial charge < -0.3 is 15.5 Å². The van der Waals surface area contributed by atoms with Gasteiger partial charge in [0, 0.05) is 25.8 Å². The molecule has 3 N–H and O–H groups in total.